The van der Waals surface area contributed by atoms with Gasteiger partial charge in [-0.05, 0) is 61.4 Å². The second kappa shape index (κ2) is 9.08. The molecular weight excluding hydrogens is 318 g/mol. The van der Waals surface area contributed by atoms with E-state index in [9.17, 15) is 4.79 Å². The third-order valence-corrected chi connectivity index (χ3v) is 3.78. The fourth-order valence-corrected chi connectivity index (χ4v) is 2.44. The van der Waals surface area contributed by atoms with E-state index in [1.54, 1.807) is 18.5 Å². The minimum atomic E-state index is -0.0610. The van der Waals surface area contributed by atoms with Gasteiger partial charge in [0, 0.05) is 22.9 Å². The Morgan fingerprint density at radius 2 is 2.10 bits per heavy atom. The van der Waals surface area contributed by atoms with Crippen LogP contribution < -0.4 is 5.32 Å². The van der Waals surface area contributed by atoms with Gasteiger partial charge in [-0.3, -0.25) is 9.78 Å². The molecule has 0 fully saturated rings. The van der Waals surface area contributed by atoms with Gasteiger partial charge in [-0.1, -0.05) is 13.8 Å². The van der Waals surface area contributed by atoms with Gasteiger partial charge < -0.3 is 10.2 Å². The molecule has 0 aliphatic rings. The topological polar surface area (TPSA) is 45.2 Å². The molecule has 1 N–H and O–H groups in total. The highest BCUT2D eigenvalue weighted by Gasteiger charge is 2.10. The smallest absolute Gasteiger partial charge is 0.253 e. The van der Waals surface area contributed by atoms with E-state index in [0.717, 1.165) is 36.9 Å². The van der Waals surface area contributed by atoms with Crippen molar-refractivity contribution in [2.24, 2.45) is 0 Å². The largest absolute Gasteiger partial charge is 0.350 e. The maximum absolute atomic E-state index is 12.0. The van der Waals surface area contributed by atoms with E-state index >= 15 is 0 Å². The van der Waals surface area contributed by atoms with Crippen molar-refractivity contribution < 1.29 is 4.79 Å². The molecule has 20 heavy (non-hydrogen) atoms. The first-order chi connectivity index (χ1) is 9.56. The molecule has 0 bridgehead atoms. The van der Waals surface area contributed by atoms with Gasteiger partial charge in [-0.15, -0.1) is 0 Å². The minimum absolute atomic E-state index is 0.0610. The van der Waals surface area contributed by atoms with Crippen molar-refractivity contribution in [1.82, 2.24) is 15.2 Å². The number of pyridine rings is 1. The first-order valence-electron chi connectivity index (χ1n) is 7.20. The number of hydrogen-bond acceptors (Lipinski definition) is 3. The van der Waals surface area contributed by atoms with Crippen molar-refractivity contribution in [2.45, 2.75) is 39.7 Å². The van der Waals surface area contributed by atoms with Crippen LogP contribution in [0.2, 0.25) is 0 Å². The molecule has 0 aliphatic carbocycles. The quantitative estimate of drug-likeness (QED) is 0.790. The van der Waals surface area contributed by atoms with Crippen molar-refractivity contribution in [3.05, 3.63) is 28.5 Å². The molecule has 1 unspecified atom stereocenters. The average molecular weight is 342 g/mol. The van der Waals surface area contributed by atoms with Gasteiger partial charge >= 0.3 is 0 Å². The van der Waals surface area contributed by atoms with Crippen molar-refractivity contribution in [3.8, 4) is 0 Å². The highest BCUT2D eigenvalue weighted by molar-refractivity contribution is 9.10. The summed E-state index contributed by atoms with van der Waals surface area (Å²) in [5.41, 5.74) is 0.593. The molecule has 0 aromatic carbocycles. The molecule has 0 aliphatic heterocycles. The van der Waals surface area contributed by atoms with Crippen molar-refractivity contribution in [3.63, 3.8) is 0 Å². The normalized spacial score (nSPS) is 12.4. The molecule has 1 rings (SSSR count). The highest BCUT2D eigenvalue weighted by Crippen LogP contribution is 2.10. The van der Waals surface area contributed by atoms with Crippen LogP contribution in [0.15, 0.2) is 22.9 Å². The third kappa shape index (κ3) is 6.01. The zero-order chi connectivity index (χ0) is 15.0. The van der Waals surface area contributed by atoms with E-state index in [1.165, 1.54) is 0 Å². The third-order valence-electron chi connectivity index (χ3n) is 3.35. The lowest BCUT2D eigenvalue weighted by Gasteiger charge is -2.19. The Labute approximate surface area is 130 Å². The van der Waals surface area contributed by atoms with Crippen LogP contribution >= 0.6 is 15.9 Å². The molecule has 0 saturated carbocycles. The number of nitrogens with zero attached hydrogens (tertiary/aromatic N) is 2. The van der Waals surface area contributed by atoms with Gasteiger partial charge in [0.15, 0.2) is 0 Å². The zero-order valence-electron chi connectivity index (χ0n) is 12.5. The molecule has 112 valence electrons. The summed E-state index contributed by atoms with van der Waals surface area (Å²) >= 11 is 3.32. The van der Waals surface area contributed by atoms with Gasteiger partial charge in [0.25, 0.3) is 5.91 Å². The SMILES string of the molecule is CCN(CC)CCCC(C)NC(=O)c1cncc(Br)c1. The van der Waals surface area contributed by atoms with E-state index in [2.05, 4.69) is 45.0 Å². The van der Waals surface area contributed by atoms with Gasteiger partial charge in [0.2, 0.25) is 0 Å². The first kappa shape index (κ1) is 17.1. The Morgan fingerprint density at radius 3 is 2.70 bits per heavy atom. The molecule has 1 aromatic rings. The van der Waals surface area contributed by atoms with Crippen LogP contribution in [0.3, 0.4) is 0 Å². The number of nitrogens with one attached hydrogen (secondary N) is 1. The van der Waals surface area contributed by atoms with Crippen molar-refractivity contribution in [1.29, 1.82) is 0 Å². The Hall–Kier alpha value is -0.940. The standard InChI is InChI=1S/C15H24BrN3O/c1-4-19(5-2)8-6-7-12(3)18-15(20)13-9-14(16)11-17-10-13/h9-12H,4-8H2,1-3H3,(H,18,20). The lowest BCUT2D eigenvalue weighted by molar-refractivity contribution is 0.0937. The lowest BCUT2D eigenvalue weighted by atomic mass is 10.1. The molecular formula is C15H24BrN3O. The molecule has 1 heterocycles. The molecule has 1 amide bonds. The monoisotopic (exact) mass is 341 g/mol. The predicted molar refractivity (Wildman–Crippen MR) is 85.9 cm³/mol. The maximum atomic E-state index is 12.0. The summed E-state index contributed by atoms with van der Waals surface area (Å²) in [6.07, 6.45) is 5.34. The number of amides is 1. The summed E-state index contributed by atoms with van der Waals surface area (Å²) in [6, 6.07) is 1.96. The summed E-state index contributed by atoms with van der Waals surface area (Å²) in [5, 5.41) is 3.01. The zero-order valence-corrected chi connectivity index (χ0v) is 14.1. The lowest BCUT2D eigenvalue weighted by Crippen LogP contribution is -2.33. The highest BCUT2D eigenvalue weighted by atomic mass is 79.9. The Kier molecular flexibility index (Phi) is 7.77. The van der Waals surface area contributed by atoms with Crippen LogP contribution in [0.1, 0.15) is 44.0 Å². The number of rotatable bonds is 8. The van der Waals surface area contributed by atoms with Gasteiger partial charge in [0.1, 0.15) is 0 Å². The Morgan fingerprint density at radius 1 is 1.40 bits per heavy atom. The second-order valence-corrected chi connectivity index (χ2v) is 5.85. The molecule has 5 heteroatoms. The van der Waals surface area contributed by atoms with E-state index in [1.807, 2.05) is 6.92 Å². The number of hydrogen-bond donors (Lipinski definition) is 1. The number of aromatic nitrogens is 1. The van der Waals surface area contributed by atoms with E-state index in [4.69, 9.17) is 0 Å². The van der Waals surface area contributed by atoms with Gasteiger partial charge in [-0.2, -0.15) is 0 Å². The fourth-order valence-electron chi connectivity index (χ4n) is 2.08. The summed E-state index contributed by atoms with van der Waals surface area (Å²) < 4.78 is 0.819. The fraction of sp³-hybridized carbons (Fsp3) is 0.600. The Balaban J connectivity index is 2.35. The molecule has 0 spiro atoms. The maximum Gasteiger partial charge on any atom is 0.253 e. The van der Waals surface area contributed by atoms with E-state index in [0.29, 0.717) is 5.56 Å². The van der Waals surface area contributed by atoms with Crippen LogP contribution in [-0.4, -0.2) is 41.5 Å². The molecule has 0 radical (unpaired) electrons. The molecule has 1 atom stereocenters. The van der Waals surface area contributed by atoms with Crippen LogP contribution in [0.25, 0.3) is 0 Å². The summed E-state index contributed by atoms with van der Waals surface area (Å²) in [6.45, 7) is 9.66. The number of carbonyl (C=O) groups is 1. The van der Waals surface area contributed by atoms with Crippen LogP contribution in [0.5, 0.6) is 0 Å². The van der Waals surface area contributed by atoms with Crippen molar-refractivity contribution in [2.75, 3.05) is 19.6 Å². The van der Waals surface area contributed by atoms with E-state index in [-0.39, 0.29) is 11.9 Å². The predicted octanol–water partition coefficient (Wildman–Crippen LogP) is 3.08. The number of halogens is 1. The number of carbonyl (C=O) groups excluding carboxylic acids is 1. The molecule has 1 aromatic heterocycles. The van der Waals surface area contributed by atoms with Crippen LogP contribution in [0, 0.1) is 0 Å². The first-order valence-corrected chi connectivity index (χ1v) is 7.99. The van der Waals surface area contributed by atoms with Gasteiger partial charge in [-0.25, -0.2) is 0 Å². The van der Waals surface area contributed by atoms with Crippen LogP contribution in [-0.2, 0) is 0 Å². The summed E-state index contributed by atoms with van der Waals surface area (Å²) in [4.78, 5) is 18.4. The average Bonchev–Trinajstić information content (AvgIpc) is 2.43. The van der Waals surface area contributed by atoms with Crippen LogP contribution in [0.4, 0.5) is 0 Å². The Bertz CT molecular complexity index is 421. The van der Waals surface area contributed by atoms with Crippen molar-refractivity contribution >= 4 is 21.8 Å². The van der Waals surface area contributed by atoms with Gasteiger partial charge in [0.05, 0.1) is 5.56 Å². The second-order valence-electron chi connectivity index (χ2n) is 4.94. The molecule has 4 nitrogen and oxygen atoms in total. The summed E-state index contributed by atoms with van der Waals surface area (Å²) in [5.74, 6) is -0.0610. The molecule has 0 saturated heterocycles. The van der Waals surface area contributed by atoms with E-state index < -0.39 is 0 Å². The minimum Gasteiger partial charge on any atom is -0.350 e. The summed E-state index contributed by atoms with van der Waals surface area (Å²) in [7, 11) is 0.